The molecule has 0 aliphatic rings. The zero-order chi connectivity index (χ0) is 18.0. The molecule has 0 fully saturated rings. The normalized spacial score (nSPS) is 10.7. The smallest absolute Gasteiger partial charge is 0.322 e. The van der Waals surface area contributed by atoms with Crippen molar-refractivity contribution in [3.8, 4) is 0 Å². The number of nitrogens with zero attached hydrogens (tertiary/aromatic N) is 4. The second-order valence-electron chi connectivity index (χ2n) is 5.89. The van der Waals surface area contributed by atoms with Crippen LogP contribution in [0.25, 0.3) is 10.9 Å². The van der Waals surface area contributed by atoms with Gasteiger partial charge >= 0.3 is 6.03 Å². The summed E-state index contributed by atoms with van der Waals surface area (Å²) >= 11 is 0. The molecule has 0 saturated heterocycles. The van der Waals surface area contributed by atoms with Crippen LogP contribution < -0.4 is 10.6 Å². The third-order valence-electron chi connectivity index (χ3n) is 3.56. The van der Waals surface area contributed by atoms with Gasteiger partial charge in [0.1, 0.15) is 6.54 Å². The van der Waals surface area contributed by atoms with Crippen LogP contribution in [0.4, 0.5) is 16.3 Å². The van der Waals surface area contributed by atoms with Crippen LogP contribution in [0.3, 0.4) is 0 Å². The molecule has 2 heterocycles. The Bertz CT molecular complexity index is 926. The molecule has 2 aromatic heterocycles. The van der Waals surface area contributed by atoms with Gasteiger partial charge in [0.25, 0.3) is 0 Å². The summed E-state index contributed by atoms with van der Waals surface area (Å²) in [7, 11) is 3.24. The molecular weight excluding hydrogens is 322 g/mol. The van der Waals surface area contributed by atoms with Crippen molar-refractivity contribution in [3.63, 3.8) is 0 Å². The van der Waals surface area contributed by atoms with Crippen molar-refractivity contribution in [2.24, 2.45) is 0 Å². The number of aryl methyl sites for hydroxylation is 1. The predicted molar refractivity (Wildman–Crippen MR) is 94.4 cm³/mol. The summed E-state index contributed by atoms with van der Waals surface area (Å²) in [5.41, 5.74) is 2.71. The Morgan fingerprint density at radius 2 is 2.08 bits per heavy atom. The molecule has 0 unspecified atom stereocenters. The number of nitrogens with one attached hydrogen (secondary N) is 3. The standard InChI is InChI=1S/C16H19N7O2/c1-10-7-11-12(17-10)5-4-6-13(11)18-15(24)9-23-8-14(20-21-23)19-16(25)22(2)3/h4-8,17H,9H2,1-3H3,(H,18,24)(H,19,25). The molecule has 3 N–H and O–H groups in total. The van der Waals surface area contributed by atoms with Crippen LogP contribution in [0.15, 0.2) is 30.5 Å². The molecule has 3 amide bonds. The van der Waals surface area contributed by atoms with Gasteiger partial charge < -0.3 is 15.2 Å². The van der Waals surface area contributed by atoms with Gasteiger partial charge in [-0.2, -0.15) is 0 Å². The number of anilines is 2. The van der Waals surface area contributed by atoms with Crippen molar-refractivity contribution in [1.82, 2.24) is 24.9 Å². The Balaban J connectivity index is 1.66. The third kappa shape index (κ3) is 3.77. The highest BCUT2D eigenvalue weighted by molar-refractivity contribution is 6.01. The summed E-state index contributed by atoms with van der Waals surface area (Å²) in [5.74, 6) is 0.0524. The van der Waals surface area contributed by atoms with E-state index in [2.05, 4.69) is 25.9 Å². The van der Waals surface area contributed by atoms with E-state index in [4.69, 9.17) is 0 Å². The van der Waals surface area contributed by atoms with Crippen LogP contribution in [0.5, 0.6) is 0 Å². The van der Waals surface area contributed by atoms with Gasteiger partial charge in [0.05, 0.1) is 11.9 Å². The summed E-state index contributed by atoms with van der Waals surface area (Å²) < 4.78 is 1.36. The Hall–Kier alpha value is -3.36. The number of urea groups is 1. The number of amides is 3. The number of benzene rings is 1. The van der Waals surface area contributed by atoms with E-state index in [0.717, 1.165) is 22.3 Å². The SMILES string of the molecule is Cc1cc2c(NC(=O)Cn3cc(NC(=O)N(C)C)nn3)cccc2[nH]1. The van der Waals surface area contributed by atoms with E-state index in [1.54, 1.807) is 14.1 Å². The van der Waals surface area contributed by atoms with Crippen LogP contribution in [0.2, 0.25) is 0 Å². The minimum Gasteiger partial charge on any atom is -0.359 e. The Morgan fingerprint density at radius 3 is 2.84 bits per heavy atom. The largest absolute Gasteiger partial charge is 0.359 e. The average molecular weight is 341 g/mol. The predicted octanol–water partition coefficient (Wildman–Crippen LogP) is 1.80. The quantitative estimate of drug-likeness (QED) is 0.672. The van der Waals surface area contributed by atoms with Crippen LogP contribution in [-0.4, -0.2) is 50.9 Å². The lowest BCUT2D eigenvalue weighted by atomic mass is 10.2. The molecule has 9 heteroatoms. The van der Waals surface area contributed by atoms with Gasteiger partial charge in [-0.3, -0.25) is 10.1 Å². The van der Waals surface area contributed by atoms with Crippen molar-refractivity contribution in [2.75, 3.05) is 24.7 Å². The highest BCUT2D eigenvalue weighted by atomic mass is 16.2. The van der Waals surface area contributed by atoms with E-state index in [1.807, 2.05) is 31.2 Å². The minimum absolute atomic E-state index is 0.00930. The van der Waals surface area contributed by atoms with Crippen molar-refractivity contribution >= 4 is 34.3 Å². The first kappa shape index (κ1) is 16.5. The summed E-state index contributed by atoms with van der Waals surface area (Å²) in [6.45, 7) is 1.95. The highest BCUT2D eigenvalue weighted by Gasteiger charge is 2.11. The number of carbonyl (C=O) groups is 2. The Labute approximate surface area is 144 Å². The fourth-order valence-corrected chi connectivity index (χ4v) is 2.39. The van der Waals surface area contributed by atoms with Gasteiger partial charge in [0, 0.05) is 30.7 Å². The summed E-state index contributed by atoms with van der Waals surface area (Å²) in [6, 6.07) is 7.34. The zero-order valence-electron chi connectivity index (χ0n) is 14.2. The zero-order valence-corrected chi connectivity index (χ0v) is 14.2. The highest BCUT2D eigenvalue weighted by Crippen LogP contribution is 2.24. The van der Waals surface area contributed by atoms with Gasteiger partial charge in [-0.05, 0) is 25.1 Å². The number of aromatic amines is 1. The van der Waals surface area contributed by atoms with E-state index in [1.165, 1.54) is 15.8 Å². The summed E-state index contributed by atoms with van der Waals surface area (Å²) in [6.07, 6.45) is 1.50. The van der Waals surface area contributed by atoms with Crippen LogP contribution >= 0.6 is 0 Å². The van der Waals surface area contributed by atoms with E-state index in [-0.39, 0.29) is 24.3 Å². The fraction of sp³-hybridized carbons (Fsp3) is 0.250. The molecule has 0 aliphatic carbocycles. The maximum Gasteiger partial charge on any atom is 0.322 e. The number of rotatable bonds is 4. The first-order valence-electron chi connectivity index (χ1n) is 7.69. The fourth-order valence-electron chi connectivity index (χ4n) is 2.39. The number of carbonyl (C=O) groups excluding carboxylic acids is 2. The number of fused-ring (bicyclic) bond motifs is 1. The van der Waals surface area contributed by atoms with Crippen molar-refractivity contribution in [2.45, 2.75) is 13.5 Å². The van der Waals surface area contributed by atoms with E-state index in [9.17, 15) is 9.59 Å². The van der Waals surface area contributed by atoms with Crippen LogP contribution in [-0.2, 0) is 11.3 Å². The number of H-pyrrole nitrogens is 1. The first-order valence-corrected chi connectivity index (χ1v) is 7.69. The second-order valence-corrected chi connectivity index (χ2v) is 5.89. The average Bonchev–Trinajstić information content (AvgIpc) is 3.13. The van der Waals surface area contributed by atoms with Gasteiger partial charge in [-0.25, -0.2) is 9.48 Å². The van der Waals surface area contributed by atoms with Gasteiger partial charge in [-0.1, -0.05) is 11.3 Å². The maximum absolute atomic E-state index is 12.3. The van der Waals surface area contributed by atoms with E-state index in [0.29, 0.717) is 0 Å². The molecule has 130 valence electrons. The molecule has 0 aliphatic heterocycles. The summed E-state index contributed by atoms with van der Waals surface area (Å²) in [5, 5.41) is 14.1. The molecule has 9 nitrogen and oxygen atoms in total. The number of hydrogen-bond donors (Lipinski definition) is 3. The molecule has 0 saturated carbocycles. The van der Waals surface area contributed by atoms with Gasteiger partial charge in [-0.15, -0.1) is 5.10 Å². The third-order valence-corrected chi connectivity index (χ3v) is 3.56. The monoisotopic (exact) mass is 341 g/mol. The Kier molecular flexibility index (Phi) is 4.38. The maximum atomic E-state index is 12.3. The van der Waals surface area contributed by atoms with Crippen molar-refractivity contribution in [3.05, 3.63) is 36.2 Å². The number of hydrogen-bond acceptors (Lipinski definition) is 4. The molecular formula is C16H19N7O2. The molecule has 25 heavy (non-hydrogen) atoms. The first-order chi connectivity index (χ1) is 11.9. The van der Waals surface area contributed by atoms with Gasteiger partial charge in [0.2, 0.25) is 5.91 Å². The van der Waals surface area contributed by atoms with Crippen LogP contribution in [0, 0.1) is 6.92 Å². The summed E-state index contributed by atoms with van der Waals surface area (Å²) in [4.78, 5) is 28.4. The molecule has 0 atom stereocenters. The molecule has 3 aromatic rings. The second kappa shape index (κ2) is 6.63. The lowest BCUT2D eigenvalue weighted by molar-refractivity contribution is -0.116. The van der Waals surface area contributed by atoms with Crippen LogP contribution in [0.1, 0.15) is 5.69 Å². The van der Waals surface area contributed by atoms with E-state index < -0.39 is 0 Å². The topological polar surface area (TPSA) is 108 Å². The number of aromatic nitrogens is 4. The molecule has 0 spiro atoms. The van der Waals surface area contributed by atoms with Crippen molar-refractivity contribution in [1.29, 1.82) is 0 Å². The van der Waals surface area contributed by atoms with Crippen molar-refractivity contribution < 1.29 is 9.59 Å². The van der Waals surface area contributed by atoms with E-state index >= 15 is 0 Å². The molecule has 1 aromatic carbocycles. The molecule has 0 bridgehead atoms. The minimum atomic E-state index is -0.314. The lowest BCUT2D eigenvalue weighted by Gasteiger charge is -2.09. The lowest BCUT2D eigenvalue weighted by Crippen LogP contribution is -2.27. The van der Waals surface area contributed by atoms with Gasteiger partial charge in [0.15, 0.2) is 5.82 Å². The molecule has 0 radical (unpaired) electrons. The Morgan fingerprint density at radius 1 is 1.28 bits per heavy atom. The molecule has 3 rings (SSSR count).